The molecule has 0 atom stereocenters. The van der Waals surface area contributed by atoms with E-state index in [1.165, 1.54) is 18.2 Å². The molecule has 26 heavy (non-hydrogen) atoms. The Labute approximate surface area is 149 Å². The first-order chi connectivity index (χ1) is 12.5. The number of ketones is 1. The van der Waals surface area contributed by atoms with E-state index in [0.29, 0.717) is 5.56 Å². The molecule has 0 unspecified atom stereocenters. The van der Waals surface area contributed by atoms with Crippen molar-refractivity contribution < 1.29 is 29.3 Å². The summed E-state index contributed by atoms with van der Waals surface area (Å²) in [6, 6.07) is 17.5. The van der Waals surface area contributed by atoms with Gasteiger partial charge in [-0.3, -0.25) is 4.79 Å². The van der Waals surface area contributed by atoms with Gasteiger partial charge in [0.2, 0.25) is 5.78 Å². The zero-order chi connectivity index (χ0) is 18.9. The molecule has 6 heteroatoms. The molecule has 132 valence electrons. The van der Waals surface area contributed by atoms with Crippen molar-refractivity contribution in [1.82, 2.24) is 0 Å². The maximum Gasteiger partial charge on any atom is 0.356 e. The average molecular weight is 352 g/mol. The van der Waals surface area contributed by atoms with Crippen LogP contribution in [0.15, 0.2) is 72.5 Å². The molecule has 0 aliphatic carbocycles. The lowest BCUT2D eigenvalue weighted by molar-refractivity contribution is -0.162. The molecule has 0 bridgehead atoms. The summed E-state index contributed by atoms with van der Waals surface area (Å²) in [5, 5.41) is 18.0. The minimum atomic E-state index is -2.18. The molecule has 6 nitrogen and oxygen atoms in total. The van der Waals surface area contributed by atoms with Gasteiger partial charge in [-0.2, -0.15) is 0 Å². The van der Waals surface area contributed by atoms with E-state index in [4.69, 9.17) is 14.9 Å². The van der Waals surface area contributed by atoms with Crippen molar-refractivity contribution in [3.05, 3.63) is 83.6 Å². The van der Waals surface area contributed by atoms with Crippen molar-refractivity contribution in [2.45, 2.75) is 6.10 Å². The number of carboxylic acid groups (broad SMARTS) is 2. The van der Waals surface area contributed by atoms with Crippen molar-refractivity contribution in [3.8, 4) is 0 Å². The first kappa shape index (κ1) is 18.7. The number of carbonyl (C=O) groups excluding carboxylic acids is 1. The number of carboxylic acids is 2. The number of carbonyl (C=O) groups is 3. The van der Waals surface area contributed by atoms with Gasteiger partial charge in [-0.05, 0) is 23.3 Å². The van der Waals surface area contributed by atoms with Crippen LogP contribution in [-0.4, -0.2) is 34.0 Å². The Balaban J connectivity index is 2.32. The van der Waals surface area contributed by atoms with Gasteiger partial charge >= 0.3 is 11.9 Å². The van der Waals surface area contributed by atoms with Crippen LogP contribution in [0.25, 0.3) is 12.2 Å². The fourth-order valence-corrected chi connectivity index (χ4v) is 2.02. The predicted molar refractivity (Wildman–Crippen MR) is 95.0 cm³/mol. The minimum absolute atomic E-state index is 0.377. The molecule has 2 N–H and O–H groups in total. The monoisotopic (exact) mass is 352 g/mol. The second-order valence-electron chi connectivity index (χ2n) is 5.20. The maximum absolute atomic E-state index is 12.4. The quantitative estimate of drug-likeness (QED) is 0.430. The van der Waals surface area contributed by atoms with Gasteiger partial charge < -0.3 is 14.9 Å². The number of aliphatic carboxylic acids is 2. The van der Waals surface area contributed by atoms with Gasteiger partial charge in [0.15, 0.2) is 5.76 Å². The van der Waals surface area contributed by atoms with Crippen molar-refractivity contribution in [3.63, 3.8) is 0 Å². The van der Waals surface area contributed by atoms with Crippen LogP contribution in [0.1, 0.15) is 11.1 Å². The van der Waals surface area contributed by atoms with Crippen molar-refractivity contribution in [2.75, 3.05) is 0 Å². The van der Waals surface area contributed by atoms with E-state index >= 15 is 0 Å². The number of allylic oxidation sites excluding steroid dienone is 1. The molecule has 0 heterocycles. The van der Waals surface area contributed by atoms with E-state index in [1.807, 2.05) is 6.07 Å². The zero-order valence-electron chi connectivity index (χ0n) is 13.6. The van der Waals surface area contributed by atoms with Crippen molar-refractivity contribution in [2.24, 2.45) is 0 Å². The van der Waals surface area contributed by atoms with E-state index in [0.717, 1.165) is 5.56 Å². The standard InChI is InChI=1S/C20H16O6/c21-16(12-11-14-7-3-1-4-8-14)17(13-15-9-5-2-6-10-15)26-18(19(22)23)20(24)25/h1-13,18H,(H,22,23)(H,24,25)/b12-11-,17-13+. The smallest absolute Gasteiger partial charge is 0.356 e. The average Bonchev–Trinajstić information content (AvgIpc) is 2.64. The highest BCUT2D eigenvalue weighted by Gasteiger charge is 2.30. The van der Waals surface area contributed by atoms with Crippen LogP contribution < -0.4 is 0 Å². The lowest BCUT2D eigenvalue weighted by Gasteiger charge is -2.12. The maximum atomic E-state index is 12.4. The topological polar surface area (TPSA) is 101 Å². The summed E-state index contributed by atoms with van der Waals surface area (Å²) in [5.74, 6) is -4.42. The summed E-state index contributed by atoms with van der Waals surface area (Å²) in [5.41, 5.74) is 1.33. The van der Waals surface area contributed by atoms with Crippen LogP contribution in [0.4, 0.5) is 0 Å². The fraction of sp³-hybridized carbons (Fsp3) is 0.0500. The molecule has 0 saturated carbocycles. The molecule has 0 fully saturated rings. The van der Waals surface area contributed by atoms with Gasteiger partial charge in [-0.25, -0.2) is 9.59 Å². The molecule has 0 aliphatic heterocycles. The second kappa shape index (κ2) is 8.98. The summed E-state index contributed by atoms with van der Waals surface area (Å²) in [4.78, 5) is 34.6. The summed E-state index contributed by atoms with van der Waals surface area (Å²) in [6.45, 7) is 0. The SMILES string of the molecule is O=C(/C=C\c1ccccc1)/C(=C\c1ccccc1)OC(C(=O)O)C(=O)O. The lowest BCUT2D eigenvalue weighted by atomic mass is 10.1. The predicted octanol–water partition coefficient (Wildman–Crippen LogP) is 2.86. The van der Waals surface area contributed by atoms with Crippen LogP contribution in [0.5, 0.6) is 0 Å². The Bertz CT molecular complexity index is 823. The second-order valence-corrected chi connectivity index (χ2v) is 5.20. The third-order valence-corrected chi connectivity index (χ3v) is 3.26. The molecular formula is C20H16O6. The fourth-order valence-electron chi connectivity index (χ4n) is 2.02. The van der Waals surface area contributed by atoms with E-state index in [1.54, 1.807) is 54.6 Å². The molecule has 0 aliphatic rings. The van der Waals surface area contributed by atoms with Gasteiger partial charge in [0, 0.05) is 0 Å². The van der Waals surface area contributed by atoms with E-state index < -0.39 is 23.8 Å². The Morgan fingerprint density at radius 1 is 0.808 bits per heavy atom. The molecule has 0 spiro atoms. The minimum Gasteiger partial charge on any atom is -0.478 e. The van der Waals surface area contributed by atoms with Gasteiger partial charge in [0.1, 0.15) is 0 Å². The van der Waals surface area contributed by atoms with Gasteiger partial charge in [-0.1, -0.05) is 66.7 Å². The Morgan fingerprint density at radius 3 is 1.81 bits per heavy atom. The molecule has 0 amide bonds. The van der Waals surface area contributed by atoms with E-state index in [-0.39, 0.29) is 5.76 Å². The number of hydrogen-bond donors (Lipinski definition) is 2. The highest BCUT2D eigenvalue weighted by Crippen LogP contribution is 2.14. The molecule has 2 aromatic rings. The Hall–Kier alpha value is -3.67. The third kappa shape index (κ3) is 5.45. The van der Waals surface area contributed by atoms with Crippen LogP contribution in [-0.2, 0) is 19.1 Å². The van der Waals surface area contributed by atoms with Gasteiger partial charge in [0.25, 0.3) is 6.10 Å². The van der Waals surface area contributed by atoms with Crippen molar-refractivity contribution >= 4 is 29.9 Å². The number of ether oxygens (including phenoxy) is 1. The van der Waals surface area contributed by atoms with Gasteiger partial charge in [0.05, 0.1) is 0 Å². The first-order valence-corrected chi connectivity index (χ1v) is 7.64. The molecule has 2 rings (SSSR count). The largest absolute Gasteiger partial charge is 0.478 e. The normalized spacial score (nSPS) is 11.5. The zero-order valence-corrected chi connectivity index (χ0v) is 13.6. The third-order valence-electron chi connectivity index (χ3n) is 3.26. The first-order valence-electron chi connectivity index (χ1n) is 7.64. The molecule has 0 saturated heterocycles. The lowest BCUT2D eigenvalue weighted by Crippen LogP contribution is -2.33. The molecular weight excluding hydrogens is 336 g/mol. The van der Waals surface area contributed by atoms with Crippen LogP contribution in [0.2, 0.25) is 0 Å². The van der Waals surface area contributed by atoms with E-state index in [2.05, 4.69) is 0 Å². The highest BCUT2D eigenvalue weighted by molar-refractivity contribution is 6.08. The van der Waals surface area contributed by atoms with E-state index in [9.17, 15) is 14.4 Å². The summed E-state index contributed by atoms with van der Waals surface area (Å²) < 4.78 is 4.99. The number of hydrogen-bond acceptors (Lipinski definition) is 4. The highest BCUT2D eigenvalue weighted by atomic mass is 16.5. The summed E-state index contributed by atoms with van der Waals surface area (Å²) in [6.07, 6.45) is 1.85. The molecule has 0 radical (unpaired) electrons. The van der Waals surface area contributed by atoms with Gasteiger partial charge in [-0.15, -0.1) is 0 Å². The Kier molecular flexibility index (Phi) is 6.45. The summed E-state index contributed by atoms with van der Waals surface area (Å²) in [7, 11) is 0. The summed E-state index contributed by atoms with van der Waals surface area (Å²) >= 11 is 0. The number of benzene rings is 2. The molecule has 2 aromatic carbocycles. The van der Waals surface area contributed by atoms with Crippen LogP contribution >= 0.6 is 0 Å². The van der Waals surface area contributed by atoms with Crippen LogP contribution in [0.3, 0.4) is 0 Å². The van der Waals surface area contributed by atoms with Crippen molar-refractivity contribution in [1.29, 1.82) is 0 Å². The van der Waals surface area contributed by atoms with Crippen LogP contribution in [0, 0.1) is 0 Å². The Morgan fingerprint density at radius 2 is 1.31 bits per heavy atom. The number of rotatable bonds is 8. The molecule has 0 aromatic heterocycles.